The van der Waals surface area contributed by atoms with E-state index in [2.05, 4.69) is 20.6 Å². The van der Waals surface area contributed by atoms with Crippen LogP contribution in [0.5, 0.6) is 0 Å². The number of likely N-dealkylation sites (tertiary alicyclic amines) is 1. The molecule has 34 heavy (non-hydrogen) atoms. The van der Waals surface area contributed by atoms with Crippen LogP contribution >= 0.6 is 0 Å². The molecule has 1 aromatic carbocycles. The molecule has 180 valence electrons. The van der Waals surface area contributed by atoms with Gasteiger partial charge in [-0.2, -0.15) is 23.4 Å². The Morgan fingerprint density at radius 1 is 1.21 bits per heavy atom. The number of rotatable bonds is 3. The topological polar surface area (TPSA) is 82.1 Å². The first kappa shape index (κ1) is 22.5. The highest BCUT2D eigenvalue weighted by molar-refractivity contribution is 5.76. The lowest BCUT2D eigenvalue weighted by atomic mass is 9.90. The van der Waals surface area contributed by atoms with E-state index in [1.165, 1.54) is 12.1 Å². The molecule has 0 saturated carbocycles. The number of hydrogen-bond donors (Lipinski definition) is 2. The standard InChI is InChI=1S/C23H26F3N7O/c1-31-11-16(15-5-3-4-6-18(15)23(24,25)26)20(13-31)28-22(34)33-8-7-19-17(12-33)21(30-29-19)14-9-27-32(2)10-14/h3-6,9-10,16,20H,7-8,11-13H2,1-2H3,(H,28,34)(H,29,30). The predicted octanol–water partition coefficient (Wildman–Crippen LogP) is 2.99. The summed E-state index contributed by atoms with van der Waals surface area (Å²) in [6, 6.07) is 4.94. The SMILES string of the molecule is CN1CC(NC(=O)N2CCc3[nH]nc(-c4cnn(C)c4)c3C2)C(c2ccccc2C(F)(F)F)C1. The number of halogens is 3. The van der Waals surface area contributed by atoms with Gasteiger partial charge in [0.05, 0.1) is 24.3 Å². The summed E-state index contributed by atoms with van der Waals surface area (Å²) in [6.45, 7) is 1.79. The van der Waals surface area contributed by atoms with Crippen molar-refractivity contribution in [3.63, 3.8) is 0 Å². The Hall–Kier alpha value is -3.34. The van der Waals surface area contributed by atoms with E-state index < -0.39 is 23.7 Å². The van der Waals surface area contributed by atoms with E-state index in [9.17, 15) is 18.0 Å². The first-order valence-corrected chi connectivity index (χ1v) is 11.2. The second-order valence-electron chi connectivity index (χ2n) is 9.07. The zero-order valence-corrected chi connectivity index (χ0v) is 18.9. The average Bonchev–Trinajstić information content (AvgIpc) is 3.50. The van der Waals surface area contributed by atoms with Crippen LogP contribution in [0.25, 0.3) is 11.3 Å². The van der Waals surface area contributed by atoms with Gasteiger partial charge in [0, 0.05) is 62.0 Å². The van der Waals surface area contributed by atoms with Crippen LogP contribution in [0.4, 0.5) is 18.0 Å². The van der Waals surface area contributed by atoms with Crippen LogP contribution in [-0.2, 0) is 26.2 Å². The minimum atomic E-state index is -4.44. The average molecular weight is 474 g/mol. The third kappa shape index (κ3) is 4.15. The molecule has 1 fully saturated rings. The molecule has 0 spiro atoms. The number of aromatic nitrogens is 4. The number of carbonyl (C=O) groups is 1. The quantitative estimate of drug-likeness (QED) is 0.613. The number of fused-ring (bicyclic) bond motifs is 1. The van der Waals surface area contributed by atoms with Crippen molar-refractivity contribution >= 4 is 6.03 Å². The number of likely N-dealkylation sites (N-methyl/N-ethyl adjacent to an activating group) is 1. The van der Waals surface area contributed by atoms with E-state index in [0.29, 0.717) is 32.6 Å². The Balaban J connectivity index is 1.35. The smallest absolute Gasteiger partial charge is 0.333 e. The minimum Gasteiger partial charge on any atom is -0.333 e. The maximum atomic E-state index is 13.6. The molecule has 2 aliphatic rings. The van der Waals surface area contributed by atoms with Crippen molar-refractivity contribution in [2.75, 3.05) is 26.7 Å². The lowest BCUT2D eigenvalue weighted by Gasteiger charge is -2.30. The number of nitrogens with zero attached hydrogens (tertiary/aromatic N) is 5. The summed E-state index contributed by atoms with van der Waals surface area (Å²) < 4.78 is 42.6. The highest BCUT2D eigenvalue weighted by Gasteiger charge is 2.41. The largest absolute Gasteiger partial charge is 0.416 e. The molecule has 3 aromatic rings. The van der Waals surface area contributed by atoms with Gasteiger partial charge in [0.2, 0.25) is 0 Å². The number of nitrogens with one attached hydrogen (secondary N) is 2. The first-order chi connectivity index (χ1) is 16.2. The van der Waals surface area contributed by atoms with E-state index in [1.54, 1.807) is 21.8 Å². The van der Waals surface area contributed by atoms with Gasteiger partial charge in [-0.25, -0.2) is 4.79 Å². The third-order valence-corrected chi connectivity index (χ3v) is 6.68. The van der Waals surface area contributed by atoms with Crippen LogP contribution in [0, 0.1) is 0 Å². The van der Waals surface area contributed by atoms with Gasteiger partial charge in [-0.05, 0) is 18.7 Å². The number of H-pyrrole nitrogens is 1. The number of aromatic amines is 1. The van der Waals surface area contributed by atoms with Crippen molar-refractivity contribution in [2.24, 2.45) is 7.05 Å². The van der Waals surface area contributed by atoms with Crippen LogP contribution in [0.2, 0.25) is 0 Å². The van der Waals surface area contributed by atoms with Crippen LogP contribution < -0.4 is 5.32 Å². The number of amides is 2. The summed E-state index contributed by atoms with van der Waals surface area (Å²) in [5.74, 6) is -0.452. The molecule has 2 N–H and O–H groups in total. The van der Waals surface area contributed by atoms with Gasteiger partial charge in [-0.3, -0.25) is 9.78 Å². The van der Waals surface area contributed by atoms with E-state index >= 15 is 0 Å². The molecule has 0 aliphatic carbocycles. The van der Waals surface area contributed by atoms with Gasteiger partial charge >= 0.3 is 12.2 Å². The lowest BCUT2D eigenvalue weighted by Crippen LogP contribution is -2.48. The van der Waals surface area contributed by atoms with Gasteiger partial charge in [0.1, 0.15) is 5.69 Å². The number of aryl methyl sites for hydroxylation is 1. The number of benzene rings is 1. The maximum absolute atomic E-state index is 13.6. The number of carbonyl (C=O) groups excluding carboxylic acids is 1. The summed E-state index contributed by atoms with van der Waals surface area (Å²) in [5, 5.41) is 14.7. The molecule has 2 unspecified atom stereocenters. The minimum absolute atomic E-state index is 0.222. The van der Waals surface area contributed by atoms with E-state index in [-0.39, 0.29) is 11.6 Å². The Kier molecular flexibility index (Phi) is 5.59. The van der Waals surface area contributed by atoms with Crippen molar-refractivity contribution in [3.05, 3.63) is 59.0 Å². The molecule has 0 radical (unpaired) electrons. The molecule has 4 heterocycles. The molecule has 2 aromatic heterocycles. The van der Waals surface area contributed by atoms with Gasteiger partial charge in [0.15, 0.2) is 0 Å². The van der Waals surface area contributed by atoms with Gasteiger partial charge < -0.3 is 15.1 Å². The number of alkyl halides is 3. The van der Waals surface area contributed by atoms with E-state index in [0.717, 1.165) is 28.6 Å². The van der Waals surface area contributed by atoms with Crippen molar-refractivity contribution in [3.8, 4) is 11.3 Å². The van der Waals surface area contributed by atoms with Crippen molar-refractivity contribution < 1.29 is 18.0 Å². The summed E-state index contributed by atoms with van der Waals surface area (Å²) in [6.07, 6.45) is -0.223. The van der Waals surface area contributed by atoms with E-state index in [1.807, 2.05) is 25.2 Å². The molecule has 2 aliphatic heterocycles. The van der Waals surface area contributed by atoms with Gasteiger partial charge in [-0.15, -0.1) is 0 Å². The Morgan fingerprint density at radius 3 is 2.74 bits per heavy atom. The fraction of sp³-hybridized carbons (Fsp3) is 0.435. The van der Waals surface area contributed by atoms with Crippen LogP contribution in [0.15, 0.2) is 36.7 Å². The fourth-order valence-corrected chi connectivity index (χ4v) is 5.04. The number of urea groups is 1. The molecule has 11 heteroatoms. The second kappa shape index (κ2) is 8.46. The fourth-order valence-electron chi connectivity index (χ4n) is 5.04. The normalized spacial score (nSPS) is 21.0. The van der Waals surface area contributed by atoms with Crippen LogP contribution in [0.1, 0.15) is 28.3 Å². The molecular weight excluding hydrogens is 447 g/mol. The Morgan fingerprint density at radius 2 is 2.00 bits per heavy atom. The maximum Gasteiger partial charge on any atom is 0.416 e. The molecule has 1 saturated heterocycles. The Bertz CT molecular complexity index is 1200. The highest BCUT2D eigenvalue weighted by Crippen LogP contribution is 2.38. The second-order valence-corrected chi connectivity index (χ2v) is 9.07. The van der Waals surface area contributed by atoms with Crippen LogP contribution in [0.3, 0.4) is 0 Å². The third-order valence-electron chi connectivity index (χ3n) is 6.68. The zero-order chi connectivity index (χ0) is 24.0. The van der Waals surface area contributed by atoms with Gasteiger partial charge in [0.25, 0.3) is 0 Å². The zero-order valence-electron chi connectivity index (χ0n) is 18.9. The summed E-state index contributed by atoms with van der Waals surface area (Å²) in [7, 11) is 3.68. The summed E-state index contributed by atoms with van der Waals surface area (Å²) in [5.41, 5.74) is 3.13. The van der Waals surface area contributed by atoms with Crippen molar-refractivity contribution in [1.82, 2.24) is 35.1 Å². The van der Waals surface area contributed by atoms with Crippen LogP contribution in [-0.4, -0.2) is 68.5 Å². The van der Waals surface area contributed by atoms with Crippen molar-refractivity contribution in [1.29, 1.82) is 0 Å². The molecule has 0 bridgehead atoms. The lowest BCUT2D eigenvalue weighted by molar-refractivity contribution is -0.138. The summed E-state index contributed by atoms with van der Waals surface area (Å²) in [4.78, 5) is 16.9. The molecular formula is C23H26F3N7O. The monoisotopic (exact) mass is 473 g/mol. The first-order valence-electron chi connectivity index (χ1n) is 11.2. The summed E-state index contributed by atoms with van der Waals surface area (Å²) >= 11 is 0. The molecule has 8 nitrogen and oxygen atoms in total. The molecule has 2 atom stereocenters. The Labute approximate surface area is 194 Å². The predicted molar refractivity (Wildman–Crippen MR) is 119 cm³/mol. The highest BCUT2D eigenvalue weighted by atomic mass is 19.4. The van der Waals surface area contributed by atoms with Crippen molar-refractivity contribution in [2.45, 2.75) is 31.1 Å². The molecule has 2 amide bonds. The van der Waals surface area contributed by atoms with E-state index in [4.69, 9.17) is 0 Å². The molecule has 5 rings (SSSR count). The number of hydrogen-bond acceptors (Lipinski definition) is 4. The van der Waals surface area contributed by atoms with Gasteiger partial charge in [-0.1, -0.05) is 18.2 Å².